The van der Waals surface area contributed by atoms with Crippen molar-refractivity contribution < 1.29 is 14.3 Å². The van der Waals surface area contributed by atoms with Gasteiger partial charge in [0, 0.05) is 0 Å². The molecule has 0 unspecified atom stereocenters. The fourth-order valence-corrected chi connectivity index (χ4v) is 0.962. The average molecular weight is 220 g/mol. The molecule has 0 heterocycles. The van der Waals surface area contributed by atoms with Crippen LogP contribution in [0.4, 0.5) is 4.39 Å². The molecule has 1 aromatic rings. The summed E-state index contributed by atoms with van der Waals surface area (Å²) in [6, 6.07) is 5.20. The SMILES string of the molecule is Cl.N[C@H](CF)c1ccc(C(=O)O)cc1. The Morgan fingerprint density at radius 1 is 1.43 bits per heavy atom. The summed E-state index contributed by atoms with van der Waals surface area (Å²) in [5, 5.41) is 8.57. The van der Waals surface area contributed by atoms with Crippen LogP contribution in [-0.4, -0.2) is 17.8 Å². The third-order valence-electron chi connectivity index (χ3n) is 1.75. The third kappa shape index (κ3) is 2.97. The van der Waals surface area contributed by atoms with Crippen LogP contribution in [0.5, 0.6) is 0 Å². The molecule has 1 rings (SSSR count). The lowest BCUT2D eigenvalue weighted by Gasteiger charge is -2.06. The Kier molecular flexibility index (Phi) is 5.12. The molecule has 0 aliphatic heterocycles. The van der Waals surface area contributed by atoms with E-state index in [0.29, 0.717) is 5.56 Å². The van der Waals surface area contributed by atoms with Crippen molar-refractivity contribution in [3.05, 3.63) is 35.4 Å². The smallest absolute Gasteiger partial charge is 0.335 e. The summed E-state index contributed by atoms with van der Waals surface area (Å²) < 4.78 is 12.1. The number of alkyl halides is 1. The first-order valence-corrected chi connectivity index (χ1v) is 3.80. The lowest BCUT2D eigenvalue weighted by Crippen LogP contribution is -2.12. The summed E-state index contributed by atoms with van der Waals surface area (Å²) in [4.78, 5) is 10.4. The van der Waals surface area contributed by atoms with Gasteiger partial charge in [0.05, 0.1) is 11.6 Å². The third-order valence-corrected chi connectivity index (χ3v) is 1.75. The zero-order valence-electron chi connectivity index (χ0n) is 7.31. The number of halogens is 2. The van der Waals surface area contributed by atoms with Crippen molar-refractivity contribution in [2.75, 3.05) is 6.67 Å². The average Bonchev–Trinajstić information content (AvgIpc) is 2.17. The van der Waals surface area contributed by atoms with Gasteiger partial charge in [-0.3, -0.25) is 0 Å². The van der Waals surface area contributed by atoms with Gasteiger partial charge in [0.2, 0.25) is 0 Å². The van der Waals surface area contributed by atoms with Crippen LogP contribution >= 0.6 is 12.4 Å². The van der Waals surface area contributed by atoms with Crippen molar-refractivity contribution >= 4 is 18.4 Å². The van der Waals surface area contributed by atoms with Crippen LogP contribution in [0.3, 0.4) is 0 Å². The van der Waals surface area contributed by atoms with Crippen LogP contribution in [0, 0.1) is 0 Å². The van der Waals surface area contributed by atoms with Crippen molar-refractivity contribution in [3.8, 4) is 0 Å². The quantitative estimate of drug-likeness (QED) is 0.815. The Hall–Kier alpha value is -1.13. The second kappa shape index (κ2) is 5.57. The molecule has 0 spiro atoms. The number of rotatable bonds is 3. The minimum Gasteiger partial charge on any atom is -0.478 e. The Bertz CT molecular complexity index is 302. The molecule has 0 radical (unpaired) electrons. The summed E-state index contributed by atoms with van der Waals surface area (Å²) in [7, 11) is 0. The van der Waals surface area contributed by atoms with Gasteiger partial charge in [0.1, 0.15) is 6.67 Å². The highest BCUT2D eigenvalue weighted by Crippen LogP contribution is 2.11. The van der Waals surface area contributed by atoms with Crippen molar-refractivity contribution in [1.29, 1.82) is 0 Å². The van der Waals surface area contributed by atoms with Crippen molar-refractivity contribution in [1.82, 2.24) is 0 Å². The first-order chi connectivity index (χ1) is 6.15. The molecule has 3 nitrogen and oxygen atoms in total. The highest BCUT2D eigenvalue weighted by molar-refractivity contribution is 5.87. The number of carboxylic acids is 1. The van der Waals surface area contributed by atoms with Gasteiger partial charge in [-0.25, -0.2) is 9.18 Å². The Morgan fingerprint density at radius 3 is 2.29 bits per heavy atom. The fourth-order valence-electron chi connectivity index (χ4n) is 0.962. The van der Waals surface area contributed by atoms with Gasteiger partial charge in [0.25, 0.3) is 0 Å². The molecule has 14 heavy (non-hydrogen) atoms. The molecule has 0 amide bonds. The van der Waals surface area contributed by atoms with Gasteiger partial charge in [0.15, 0.2) is 0 Å². The number of carbonyl (C=O) groups is 1. The minimum atomic E-state index is -1.000. The molecule has 0 aliphatic carbocycles. The van der Waals surface area contributed by atoms with Gasteiger partial charge in [-0.15, -0.1) is 12.4 Å². The highest BCUT2D eigenvalue weighted by Gasteiger charge is 2.06. The monoisotopic (exact) mass is 219 g/mol. The Balaban J connectivity index is 0.00000169. The summed E-state index contributed by atoms with van der Waals surface area (Å²) in [6.45, 7) is -0.646. The first-order valence-electron chi connectivity index (χ1n) is 3.80. The molecule has 1 aromatic carbocycles. The van der Waals surface area contributed by atoms with E-state index in [2.05, 4.69) is 0 Å². The Morgan fingerprint density at radius 2 is 1.93 bits per heavy atom. The van der Waals surface area contributed by atoms with E-state index in [0.717, 1.165) is 0 Å². The fraction of sp³-hybridized carbons (Fsp3) is 0.222. The minimum absolute atomic E-state index is 0. The number of hydrogen-bond acceptors (Lipinski definition) is 2. The lowest BCUT2D eigenvalue weighted by molar-refractivity contribution is 0.0697. The molecule has 0 fully saturated rings. The predicted molar refractivity (Wildman–Crippen MR) is 53.6 cm³/mol. The Labute approximate surface area is 87.1 Å². The summed E-state index contributed by atoms with van der Waals surface area (Å²) in [5.74, 6) is -1.000. The van der Waals surface area contributed by atoms with Gasteiger partial charge >= 0.3 is 5.97 Å². The zero-order chi connectivity index (χ0) is 9.84. The van der Waals surface area contributed by atoms with Gasteiger partial charge in [-0.05, 0) is 17.7 Å². The number of nitrogens with two attached hydrogens (primary N) is 1. The highest BCUT2D eigenvalue weighted by atomic mass is 35.5. The van der Waals surface area contributed by atoms with Crippen LogP contribution in [-0.2, 0) is 0 Å². The van der Waals surface area contributed by atoms with E-state index in [-0.39, 0.29) is 18.0 Å². The van der Waals surface area contributed by atoms with E-state index in [9.17, 15) is 9.18 Å². The van der Waals surface area contributed by atoms with Crippen molar-refractivity contribution in [2.45, 2.75) is 6.04 Å². The molecular weight excluding hydrogens is 209 g/mol. The molecule has 0 aromatic heterocycles. The summed E-state index contributed by atoms with van der Waals surface area (Å²) >= 11 is 0. The topological polar surface area (TPSA) is 63.3 Å². The molecule has 0 saturated heterocycles. The zero-order valence-corrected chi connectivity index (χ0v) is 8.13. The molecule has 0 saturated carbocycles. The van der Waals surface area contributed by atoms with Crippen LogP contribution < -0.4 is 5.73 Å². The van der Waals surface area contributed by atoms with E-state index < -0.39 is 18.7 Å². The first kappa shape index (κ1) is 12.9. The molecule has 1 atom stereocenters. The van der Waals surface area contributed by atoms with Crippen LogP contribution in [0.25, 0.3) is 0 Å². The molecule has 0 aliphatic rings. The van der Waals surface area contributed by atoms with E-state index >= 15 is 0 Å². The maximum atomic E-state index is 12.1. The van der Waals surface area contributed by atoms with Crippen molar-refractivity contribution in [3.63, 3.8) is 0 Å². The number of carboxylic acid groups (broad SMARTS) is 1. The molecule has 5 heteroatoms. The summed E-state index contributed by atoms with van der Waals surface area (Å²) in [5.41, 5.74) is 6.18. The normalized spacial score (nSPS) is 11.6. The molecule has 78 valence electrons. The van der Waals surface area contributed by atoms with Gasteiger partial charge < -0.3 is 10.8 Å². The molecular formula is C9H11ClFNO2. The summed E-state index contributed by atoms with van der Waals surface area (Å²) in [6.07, 6.45) is 0. The number of benzene rings is 1. The van der Waals surface area contributed by atoms with Crippen LogP contribution in [0.15, 0.2) is 24.3 Å². The molecule has 0 bridgehead atoms. The lowest BCUT2D eigenvalue weighted by atomic mass is 10.1. The number of hydrogen-bond donors (Lipinski definition) is 2. The van der Waals surface area contributed by atoms with Crippen molar-refractivity contribution in [2.24, 2.45) is 5.73 Å². The second-order valence-corrected chi connectivity index (χ2v) is 2.69. The van der Waals surface area contributed by atoms with Gasteiger partial charge in [-0.1, -0.05) is 12.1 Å². The van der Waals surface area contributed by atoms with Gasteiger partial charge in [-0.2, -0.15) is 0 Å². The number of aromatic carboxylic acids is 1. The molecule has 3 N–H and O–H groups in total. The van der Waals surface area contributed by atoms with E-state index in [1.165, 1.54) is 24.3 Å². The largest absolute Gasteiger partial charge is 0.478 e. The second-order valence-electron chi connectivity index (χ2n) is 2.69. The maximum Gasteiger partial charge on any atom is 0.335 e. The van der Waals surface area contributed by atoms with E-state index in [1.807, 2.05) is 0 Å². The van der Waals surface area contributed by atoms with E-state index in [4.69, 9.17) is 10.8 Å². The van der Waals surface area contributed by atoms with Crippen LogP contribution in [0.2, 0.25) is 0 Å². The van der Waals surface area contributed by atoms with E-state index in [1.54, 1.807) is 0 Å². The van der Waals surface area contributed by atoms with Crippen LogP contribution in [0.1, 0.15) is 22.0 Å². The predicted octanol–water partition coefficient (Wildman–Crippen LogP) is 1.78. The standard InChI is InChI=1S/C9H10FNO2.ClH/c10-5-8(11)6-1-3-7(4-2-6)9(12)13;/h1-4,8H,5,11H2,(H,12,13);1H/t8-;/m1./s1. The maximum absolute atomic E-state index is 12.1.